The van der Waals surface area contributed by atoms with Crippen LogP contribution in [0.3, 0.4) is 0 Å². The topological polar surface area (TPSA) is 100 Å². The first-order valence-electron chi connectivity index (χ1n) is 11.5. The third-order valence-electron chi connectivity index (χ3n) is 6.77. The molecule has 3 N–H and O–H groups in total. The van der Waals surface area contributed by atoms with Gasteiger partial charge in [-0.25, -0.2) is 4.79 Å². The summed E-state index contributed by atoms with van der Waals surface area (Å²) in [5, 5.41) is 21.2. The van der Waals surface area contributed by atoms with Crippen LogP contribution in [0.5, 0.6) is 0 Å². The third-order valence-corrected chi connectivity index (χ3v) is 6.77. The Balaban J connectivity index is 1.47. The maximum absolute atomic E-state index is 12.4. The standard InChI is InChI=1S/C23H34N2O6/c26-21(14-24-31-17-9-5-2-6-10-17)19(13-16-7-3-1-4-8-16)25(23(27)28)20-15-30-22-18(20)11-12-29-22/h1,3-4,7-8,17-22,24,26H,2,5-6,9-15H2,(H,27,28)/t18-,19-,20-,21+,22+/m0/s1. The highest BCUT2D eigenvalue weighted by atomic mass is 16.7. The summed E-state index contributed by atoms with van der Waals surface area (Å²) in [6, 6.07) is 8.72. The second-order valence-electron chi connectivity index (χ2n) is 8.83. The maximum Gasteiger partial charge on any atom is 0.407 e. The van der Waals surface area contributed by atoms with Gasteiger partial charge < -0.3 is 19.7 Å². The molecule has 0 unspecified atom stereocenters. The fourth-order valence-corrected chi connectivity index (χ4v) is 5.10. The van der Waals surface area contributed by atoms with E-state index in [4.69, 9.17) is 14.3 Å². The number of aliphatic hydroxyl groups is 1. The molecule has 5 atom stereocenters. The van der Waals surface area contributed by atoms with E-state index in [1.54, 1.807) is 0 Å². The monoisotopic (exact) mass is 434 g/mol. The van der Waals surface area contributed by atoms with E-state index in [1.165, 1.54) is 11.3 Å². The summed E-state index contributed by atoms with van der Waals surface area (Å²) in [6.07, 6.45) is 4.58. The van der Waals surface area contributed by atoms with Gasteiger partial charge in [-0.3, -0.25) is 9.74 Å². The number of aliphatic hydroxyl groups excluding tert-OH is 1. The lowest BCUT2D eigenvalue weighted by atomic mass is 9.93. The summed E-state index contributed by atoms with van der Waals surface area (Å²) < 4.78 is 11.3. The van der Waals surface area contributed by atoms with Gasteiger partial charge in [0.25, 0.3) is 0 Å². The number of benzene rings is 1. The molecule has 2 aliphatic heterocycles. The molecule has 3 fully saturated rings. The number of hydrogen-bond donors (Lipinski definition) is 3. The molecule has 2 saturated heterocycles. The first-order chi connectivity index (χ1) is 15.1. The smallest absolute Gasteiger partial charge is 0.407 e. The lowest BCUT2D eigenvalue weighted by molar-refractivity contribution is -0.0907. The van der Waals surface area contributed by atoms with Crippen molar-refractivity contribution >= 4 is 6.09 Å². The van der Waals surface area contributed by atoms with E-state index in [1.807, 2.05) is 30.3 Å². The van der Waals surface area contributed by atoms with Crippen molar-refractivity contribution in [3.63, 3.8) is 0 Å². The largest absolute Gasteiger partial charge is 0.465 e. The minimum Gasteiger partial charge on any atom is -0.465 e. The molecule has 1 aromatic carbocycles. The number of hydroxylamine groups is 1. The van der Waals surface area contributed by atoms with E-state index in [0.29, 0.717) is 13.0 Å². The Morgan fingerprint density at radius 2 is 1.94 bits per heavy atom. The van der Waals surface area contributed by atoms with Gasteiger partial charge in [-0.1, -0.05) is 49.6 Å². The molecule has 8 heteroatoms. The predicted octanol–water partition coefficient (Wildman–Crippen LogP) is 2.55. The molecule has 1 aliphatic carbocycles. The van der Waals surface area contributed by atoms with Crippen molar-refractivity contribution in [2.45, 2.75) is 75.5 Å². The van der Waals surface area contributed by atoms with Crippen LogP contribution in [0, 0.1) is 5.92 Å². The van der Waals surface area contributed by atoms with Gasteiger partial charge >= 0.3 is 6.09 Å². The van der Waals surface area contributed by atoms with E-state index >= 15 is 0 Å². The number of nitrogens with one attached hydrogen (secondary N) is 1. The number of amides is 1. The van der Waals surface area contributed by atoms with Crippen LogP contribution >= 0.6 is 0 Å². The Morgan fingerprint density at radius 1 is 1.16 bits per heavy atom. The van der Waals surface area contributed by atoms with Crippen LogP contribution < -0.4 is 5.48 Å². The average Bonchev–Trinajstić information content (AvgIpc) is 3.39. The van der Waals surface area contributed by atoms with Crippen LogP contribution in [0.15, 0.2) is 30.3 Å². The number of nitrogens with zero attached hydrogens (tertiary/aromatic N) is 1. The highest BCUT2D eigenvalue weighted by molar-refractivity contribution is 5.66. The van der Waals surface area contributed by atoms with Crippen molar-refractivity contribution in [2.24, 2.45) is 5.92 Å². The van der Waals surface area contributed by atoms with Gasteiger partial charge in [-0.2, -0.15) is 5.48 Å². The fraction of sp³-hybridized carbons (Fsp3) is 0.696. The molecule has 0 aromatic heterocycles. The quantitative estimate of drug-likeness (QED) is 0.514. The number of rotatable bonds is 9. The molecular formula is C23H34N2O6. The molecule has 31 heavy (non-hydrogen) atoms. The maximum atomic E-state index is 12.4. The molecule has 1 amide bonds. The van der Waals surface area contributed by atoms with E-state index in [2.05, 4.69) is 5.48 Å². The van der Waals surface area contributed by atoms with Gasteiger partial charge in [0.05, 0.1) is 37.5 Å². The minimum atomic E-state index is -1.05. The lowest BCUT2D eigenvalue weighted by Crippen LogP contribution is -2.57. The second kappa shape index (κ2) is 10.7. The molecule has 0 radical (unpaired) electrons. The Bertz CT molecular complexity index is 699. The molecular weight excluding hydrogens is 400 g/mol. The zero-order valence-corrected chi connectivity index (χ0v) is 17.9. The van der Waals surface area contributed by atoms with Crippen molar-refractivity contribution < 1.29 is 29.3 Å². The molecule has 0 spiro atoms. The Hall–Kier alpha value is -1.71. The molecule has 172 valence electrons. The summed E-state index contributed by atoms with van der Waals surface area (Å²) in [5.74, 6) is -0.00646. The van der Waals surface area contributed by atoms with E-state index in [0.717, 1.165) is 37.7 Å². The molecule has 2 heterocycles. The second-order valence-corrected chi connectivity index (χ2v) is 8.83. The van der Waals surface area contributed by atoms with Crippen LogP contribution in [0.25, 0.3) is 0 Å². The normalized spacial score (nSPS) is 28.2. The summed E-state index contributed by atoms with van der Waals surface area (Å²) >= 11 is 0. The first-order valence-corrected chi connectivity index (χ1v) is 11.5. The zero-order chi connectivity index (χ0) is 21.6. The average molecular weight is 435 g/mol. The number of fused-ring (bicyclic) bond motifs is 1. The van der Waals surface area contributed by atoms with Gasteiger partial charge in [0.15, 0.2) is 6.29 Å². The lowest BCUT2D eigenvalue weighted by Gasteiger charge is -2.38. The van der Waals surface area contributed by atoms with Gasteiger partial charge in [-0.05, 0) is 31.2 Å². The SMILES string of the molecule is O=C(O)N([C@H]1CO[C@H]2OCC[C@H]21)[C@@H](Cc1ccccc1)[C@H](O)CNOC1CCCCC1. The Morgan fingerprint density at radius 3 is 2.68 bits per heavy atom. The molecule has 3 aliphatic rings. The van der Waals surface area contributed by atoms with Gasteiger partial charge in [-0.15, -0.1) is 0 Å². The predicted molar refractivity (Wildman–Crippen MR) is 113 cm³/mol. The van der Waals surface area contributed by atoms with Crippen LogP contribution in [0.4, 0.5) is 4.79 Å². The van der Waals surface area contributed by atoms with E-state index in [9.17, 15) is 15.0 Å². The zero-order valence-electron chi connectivity index (χ0n) is 17.9. The Labute approximate surface area is 183 Å². The highest BCUT2D eigenvalue weighted by Gasteiger charge is 2.48. The molecule has 0 bridgehead atoms. The van der Waals surface area contributed by atoms with Crippen molar-refractivity contribution in [1.29, 1.82) is 0 Å². The first kappa shape index (κ1) is 22.5. The van der Waals surface area contributed by atoms with Crippen LogP contribution in [-0.4, -0.2) is 71.5 Å². The summed E-state index contributed by atoms with van der Waals surface area (Å²) in [6.45, 7) is 1.02. The van der Waals surface area contributed by atoms with Crippen molar-refractivity contribution in [1.82, 2.24) is 10.4 Å². The number of hydrogen-bond acceptors (Lipinski definition) is 6. The van der Waals surface area contributed by atoms with Crippen molar-refractivity contribution in [3.05, 3.63) is 35.9 Å². The summed E-state index contributed by atoms with van der Waals surface area (Å²) in [7, 11) is 0. The highest BCUT2D eigenvalue weighted by Crippen LogP contribution is 2.36. The summed E-state index contributed by atoms with van der Waals surface area (Å²) in [4.78, 5) is 19.6. The van der Waals surface area contributed by atoms with Crippen molar-refractivity contribution in [3.8, 4) is 0 Å². The van der Waals surface area contributed by atoms with Gasteiger partial charge in [0.1, 0.15) is 0 Å². The molecule has 4 rings (SSSR count). The van der Waals surface area contributed by atoms with Crippen LogP contribution in [0.1, 0.15) is 44.1 Å². The number of ether oxygens (including phenoxy) is 2. The van der Waals surface area contributed by atoms with Gasteiger partial charge in [0, 0.05) is 12.5 Å². The molecule has 1 aromatic rings. The van der Waals surface area contributed by atoms with Crippen LogP contribution in [-0.2, 0) is 20.7 Å². The van der Waals surface area contributed by atoms with E-state index in [-0.39, 0.29) is 37.5 Å². The number of carbonyl (C=O) groups is 1. The van der Waals surface area contributed by atoms with E-state index < -0.39 is 18.2 Å². The fourth-order valence-electron chi connectivity index (χ4n) is 5.10. The molecule has 8 nitrogen and oxygen atoms in total. The number of carboxylic acid groups (broad SMARTS) is 1. The van der Waals surface area contributed by atoms with Crippen LogP contribution in [0.2, 0.25) is 0 Å². The van der Waals surface area contributed by atoms with Gasteiger partial charge in [0.2, 0.25) is 0 Å². The Kier molecular flexibility index (Phi) is 7.79. The third kappa shape index (κ3) is 5.56. The minimum absolute atomic E-state index is 0.00646. The van der Waals surface area contributed by atoms with Crippen molar-refractivity contribution in [2.75, 3.05) is 19.8 Å². The summed E-state index contributed by atoms with van der Waals surface area (Å²) in [5.41, 5.74) is 3.90. The molecule has 1 saturated carbocycles.